The van der Waals surface area contributed by atoms with Gasteiger partial charge in [-0.25, -0.2) is 0 Å². The Kier molecular flexibility index (Phi) is 4.07. The quantitative estimate of drug-likeness (QED) is 0.622. The molecule has 0 aliphatic heterocycles. The third kappa shape index (κ3) is 3.92. The summed E-state index contributed by atoms with van der Waals surface area (Å²) >= 11 is 0. The van der Waals surface area contributed by atoms with Crippen molar-refractivity contribution in [3.05, 3.63) is 42.3 Å². The zero-order valence-corrected chi connectivity index (χ0v) is 11.4. The van der Waals surface area contributed by atoms with Crippen molar-refractivity contribution in [2.24, 2.45) is 11.3 Å². The second-order valence-corrected chi connectivity index (χ2v) is 6.36. The van der Waals surface area contributed by atoms with Gasteiger partial charge in [-0.3, -0.25) is 0 Å². The molecule has 88 valence electrons. The van der Waals surface area contributed by atoms with Crippen LogP contribution in [0.25, 0.3) is 0 Å². The van der Waals surface area contributed by atoms with Crippen molar-refractivity contribution >= 4 is 0 Å². The fourth-order valence-electron chi connectivity index (χ4n) is 2.16. The predicted octanol–water partition coefficient (Wildman–Crippen LogP) is 5.04. The second-order valence-electron chi connectivity index (χ2n) is 6.36. The highest BCUT2D eigenvalue weighted by Crippen LogP contribution is 2.36. The molecular formula is C16H25+. The molecule has 0 bridgehead atoms. The van der Waals surface area contributed by atoms with Crippen molar-refractivity contribution in [2.75, 3.05) is 0 Å². The lowest BCUT2D eigenvalue weighted by Crippen LogP contribution is -2.16. The van der Waals surface area contributed by atoms with Gasteiger partial charge in [-0.2, -0.15) is 0 Å². The number of hydrogen-bond acceptors (Lipinski definition) is 0. The molecule has 0 saturated carbocycles. The lowest BCUT2D eigenvalue weighted by Gasteiger charge is -2.28. The van der Waals surface area contributed by atoms with E-state index < -0.39 is 0 Å². The van der Waals surface area contributed by atoms with Crippen LogP contribution in [0.15, 0.2) is 24.3 Å². The Morgan fingerprint density at radius 3 is 1.94 bits per heavy atom. The minimum Gasteiger partial charge on any atom is -0.0622 e. The van der Waals surface area contributed by atoms with Gasteiger partial charge in [0, 0.05) is 19.1 Å². The summed E-state index contributed by atoms with van der Waals surface area (Å²) in [6.45, 7) is 15.5. The molecule has 0 radical (unpaired) electrons. The Bertz CT molecular complexity index is 311. The molecule has 0 N–H and O–H groups in total. The minimum atomic E-state index is 0.387. The first kappa shape index (κ1) is 13.2. The van der Waals surface area contributed by atoms with Gasteiger partial charge in [0.2, 0.25) is 0 Å². The average Bonchev–Trinajstić information content (AvgIpc) is 2.14. The molecule has 0 aliphatic carbocycles. The second kappa shape index (κ2) is 4.95. The van der Waals surface area contributed by atoms with E-state index in [0.717, 1.165) is 5.56 Å². The standard InChI is InChI=1S/C16H25/c1-12(2)15(11-16(4,5)6)14-9-7-13(3)8-10-14/h7-10,12,15H,3,11H2,1-2,4-6H3/q+1. The third-order valence-electron chi connectivity index (χ3n) is 3.04. The SMILES string of the molecule is [CH2+]c1ccc(C(CC(C)(C)C)C(C)C)cc1. The van der Waals surface area contributed by atoms with Crippen molar-refractivity contribution in [3.63, 3.8) is 0 Å². The zero-order valence-electron chi connectivity index (χ0n) is 11.4. The zero-order chi connectivity index (χ0) is 12.3. The van der Waals surface area contributed by atoms with E-state index in [4.69, 9.17) is 0 Å². The molecule has 0 nitrogen and oxygen atoms in total. The normalized spacial score (nSPS) is 14.1. The van der Waals surface area contributed by atoms with Crippen LogP contribution in [0.3, 0.4) is 0 Å². The summed E-state index contributed by atoms with van der Waals surface area (Å²) in [7, 11) is 0. The molecule has 0 aromatic heterocycles. The van der Waals surface area contributed by atoms with E-state index in [9.17, 15) is 0 Å². The van der Waals surface area contributed by atoms with Gasteiger partial charge >= 0.3 is 0 Å². The van der Waals surface area contributed by atoms with Gasteiger partial charge in [-0.1, -0.05) is 34.6 Å². The molecule has 1 aromatic rings. The maximum atomic E-state index is 3.94. The molecule has 0 fully saturated rings. The van der Waals surface area contributed by atoms with Crippen LogP contribution < -0.4 is 0 Å². The largest absolute Gasteiger partial charge is 0.126 e. The molecule has 1 atom stereocenters. The van der Waals surface area contributed by atoms with Crippen LogP contribution in [0.4, 0.5) is 0 Å². The fourth-order valence-corrected chi connectivity index (χ4v) is 2.16. The molecule has 0 saturated heterocycles. The maximum Gasteiger partial charge on any atom is 0.126 e. The van der Waals surface area contributed by atoms with Crippen LogP contribution in [0.2, 0.25) is 0 Å². The molecule has 0 aliphatic rings. The Balaban J connectivity index is 2.90. The summed E-state index contributed by atoms with van der Waals surface area (Å²) in [6, 6.07) is 8.71. The predicted molar refractivity (Wildman–Crippen MR) is 72.6 cm³/mol. The van der Waals surface area contributed by atoms with E-state index in [1.54, 1.807) is 0 Å². The first-order valence-electron chi connectivity index (χ1n) is 6.21. The van der Waals surface area contributed by atoms with E-state index in [1.807, 2.05) is 0 Å². The summed E-state index contributed by atoms with van der Waals surface area (Å²) in [5.74, 6) is 1.34. The van der Waals surface area contributed by atoms with E-state index >= 15 is 0 Å². The van der Waals surface area contributed by atoms with Crippen molar-refractivity contribution < 1.29 is 0 Å². The molecule has 0 heteroatoms. The van der Waals surface area contributed by atoms with Gasteiger partial charge < -0.3 is 0 Å². The molecule has 16 heavy (non-hydrogen) atoms. The molecule has 1 unspecified atom stereocenters. The van der Waals surface area contributed by atoms with E-state index in [-0.39, 0.29) is 0 Å². The third-order valence-corrected chi connectivity index (χ3v) is 3.04. The molecule has 1 aromatic carbocycles. The highest BCUT2D eigenvalue weighted by molar-refractivity contribution is 5.27. The van der Waals surface area contributed by atoms with E-state index in [2.05, 4.69) is 65.8 Å². The summed E-state index contributed by atoms with van der Waals surface area (Å²) < 4.78 is 0. The van der Waals surface area contributed by atoms with Crippen molar-refractivity contribution in [1.29, 1.82) is 0 Å². The topological polar surface area (TPSA) is 0 Å². The molecule has 0 heterocycles. The molecular weight excluding hydrogens is 192 g/mol. The summed E-state index contributed by atoms with van der Waals surface area (Å²) in [5.41, 5.74) is 2.94. The summed E-state index contributed by atoms with van der Waals surface area (Å²) in [4.78, 5) is 0. The molecule has 0 amide bonds. The summed E-state index contributed by atoms with van der Waals surface area (Å²) in [5, 5.41) is 0. The van der Waals surface area contributed by atoms with Crippen LogP contribution in [0, 0.1) is 18.3 Å². The highest BCUT2D eigenvalue weighted by atomic mass is 14.3. The maximum absolute atomic E-state index is 3.94. The average molecular weight is 217 g/mol. The van der Waals surface area contributed by atoms with Crippen LogP contribution in [0.5, 0.6) is 0 Å². The van der Waals surface area contributed by atoms with Gasteiger partial charge in [-0.15, -0.1) is 0 Å². The lowest BCUT2D eigenvalue weighted by molar-refractivity contribution is 0.301. The van der Waals surface area contributed by atoms with Crippen LogP contribution >= 0.6 is 0 Å². The molecule has 1 rings (SSSR count). The monoisotopic (exact) mass is 217 g/mol. The van der Waals surface area contributed by atoms with Gasteiger partial charge in [0.25, 0.3) is 0 Å². The van der Waals surface area contributed by atoms with Gasteiger partial charge in [-0.05, 0) is 41.4 Å². The first-order chi connectivity index (χ1) is 7.29. The van der Waals surface area contributed by atoms with Gasteiger partial charge in [0.05, 0.1) is 0 Å². The Hall–Kier alpha value is -0.910. The van der Waals surface area contributed by atoms with Gasteiger partial charge in [0.15, 0.2) is 0 Å². The number of hydrogen-bond donors (Lipinski definition) is 0. The van der Waals surface area contributed by atoms with Crippen molar-refractivity contribution in [1.82, 2.24) is 0 Å². The van der Waals surface area contributed by atoms with Gasteiger partial charge in [0.1, 0.15) is 5.56 Å². The van der Waals surface area contributed by atoms with Crippen molar-refractivity contribution in [2.45, 2.75) is 47.0 Å². The summed E-state index contributed by atoms with van der Waals surface area (Å²) in [6.07, 6.45) is 1.24. The van der Waals surface area contributed by atoms with Crippen LogP contribution in [-0.4, -0.2) is 0 Å². The molecule has 0 spiro atoms. The Morgan fingerprint density at radius 1 is 1.06 bits per heavy atom. The number of rotatable bonds is 3. The first-order valence-corrected chi connectivity index (χ1v) is 6.21. The Labute approximate surface area is 101 Å². The fraction of sp³-hybridized carbons (Fsp3) is 0.562. The lowest BCUT2D eigenvalue weighted by atomic mass is 9.76. The van der Waals surface area contributed by atoms with Crippen molar-refractivity contribution in [3.8, 4) is 0 Å². The van der Waals surface area contributed by atoms with E-state index in [1.165, 1.54) is 12.0 Å². The minimum absolute atomic E-state index is 0.387. The smallest absolute Gasteiger partial charge is 0.0622 e. The highest BCUT2D eigenvalue weighted by Gasteiger charge is 2.23. The van der Waals surface area contributed by atoms with Crippen LogP contribution in [0.1, 0.15) is 58.1 Å². The number of benzene rings is 1. The van der Waals surface area contributed by atoms with Crippen LogP contribution in [-0.2, 0) is 0 Å². The van der Waals surface area contributed by atoms with E-state index in [0.29, 0.717) is 17.3 Å². The Morgan fingerprint density at radius 2 is 1.56 bits per heavy atom.